The quantitative estimate of drug-likeness (QED) is 0.527. The Kier molecular flexibility index (Phi) is 7.52. The van der Waals surface area contributed by atoms with Gasteiger partial charge in [0, 0.05) is 17.4 Å². The highest BCUT2D eigenvalue weighted by Crippen LogP contribution is 2.30. The van der Waals surface area contributed by atoms with Gasteiger partial charge in [-0.05, 0) is 36.8 Å². The summed E-state index contributed by atoms with van der Waals surface area (Å²) in [5, 5.41) is 4.99. The van der Waals surface area contributed by atoms with E-state index in [-0.39, 0.29) is 5.69 Å². The third-order valence-electron chi connectivity index (χ3n) is 3.81. The average Bonchev–Trinajstić information content (AvgIpc) is 2.61. The van der Waals surface area contributed by atoms with Crippen LogP contribution in [0.5, 0.6) is 5.75 Å². The van der Waals surface area contributed by atoms with Crippen LogP contribution in [0.2, 0.25) is 0 Å². The lowest BCUT2D eigenvalue weighted by atomic mass is 10.2. The zero-order valence-electron chi connectivity index (χ0n) is 15.1. The number of nitrogens with one attached hydrogen (secondary N) is 2. The van der Waals surface area contributed by atoms with Gasteiger partial charge in [-0.2, -0.15) is 13.2 Å². The standard InChI is InChI=1S/C20H23F3N2O2/c1-2-3-4-5-12-27-18-11-7-10-17(14-18)25-19(26)24-16-9-6-8-15(13-16)20(21,22)23/h6-11,13-14H,2-5,12H2,1H3,(H2,24,25,26). The van der Waals surface area contributed by atoms with E-state index in [9.17, 15) is 18.0 Å². The second kappa shape index (κ2) is 9.85. The number of carbonyl (C=O) groups excluding carboxylic acids is 1. The number of unbranched alkanes of at least 4 members (excludes halogenated alkanes) is 3. The zero-order valence-corrected chi connectivity index (χ0v) is 15.1. The Hall–Kier alpha value is -2.70. The number of urea groups is 1. The van der Waals surface area contributed by atoms with Crippen LogP contribution >= 0.6 is 0 Å². The number of rotatable bonds is 8. The highest BCUT2D eigenvalue weighted by molar-refractivity contribution is 5.99. The predicted octanol–water partition coefficient (Wildman–Crippen LogP) is 6.31. The molecule has 2 rings (SSSR count). The summed E-state index contributed by atoms with van der Waals surface area (Å²) in [6.45, 7) is 2.74. The number of hydrogen-bond acceptors (Lipinski definition) is 2. The van der Waals surface area contributed by atoms with Crippen molar-refractivity contribution in [3.8, 4) is 5.75 Å². The first kappa shape index (κ1) is 20.6. The van der Waals surface area contributed by atoms with Crippen molar-refractivity contribution in [1.82, 2.24) is 0 Å². The predicted molar refractivity (Wildman–Crippen MR) is 100 cm³/mol. The van der Waals surface area contributed by atoms with Gasteiger partial charge in [-0.15, -0.1) is 0 Å². The second-order valence-corrected chi connectivity index (χ2v) is 6.09. The van der Waals surface area contributed by atoms with Crippen LogP contribution in [-0.2, 0) is 6.18 Å². The fourth-order valence-electron chi connectivity index (χ4n) is 2.45. The smallest absolute Gasteiger partial charge is 0.416 e. The molecule has 0 bridgehead atoms. The minimum Gasteiger partial charge on any atom is -0.494 e. The van der Waals surface area contributed by atoms with Crippen LogP contribution < -0.4 is 15.4 Å². The van der Waals surface area contributed by atoms with Crippen LogP contribution in [-0.4, -0.2) is 12.6 Å². The van der Waals surface area contributed by atoms with Gasteiger partial charge in [-0.25, -0.2) is 4.79 Å². The first-order valence-electron chi connectivity index (χ1n) is 8.86. The second-order valence-electron chi connectivity index (χ2n) is 6.09. The maximum atomic E-state index is 12.7. The monoisotopic (exact) mass is 380 g/mol. The molecule has 0 aromatic heterocycles. The molecule has 2 N–H and O–H groups in total. The van der Waals surface area contributed by atoms with E-state index in [0.717, 1.165) is 31.4 Å². The average molecular weight is 380 g/mol. The highest BCUT2D eigenvalue weighted by atomic mass is 19.4. The van der Waals surface area contributed by atoms with Gasteiger partial charge in [0.05, 0.1) is 12.2 Å². The van der Waals surface area contributed by atoms with E-state index < -0.39 is 17.8 Å². The van der Waals surface area contributed by atoms with Crippen LogP contribution in [0.3, 0.4) is 0 Å². The molecule has 4 nitrogen and oxygen atoms in total. The lowest BCUT2D eigenvalue weighted by Gasteiger charge is -2.12. The summed E-state index contributed by atoms with van der Waals surface area (Å²) in [7, 11) is 0. The maximum absolute atomic E-state index is 12.7. The molecule has 2 aromatic carbocycles. The number of ether oxygens (including phenoxy) is 1. The van der Waals surface area contributed by atoms with E-state index >= 15 is 0 Å². The molecule has 0 spiro atoms. The van der Waals surface area contributed by atoms with Gasteiger partial charge in [-0.1, -0.05) is 38.3 Å². The molecule has 0 radical (unpaired) electrons. The topological polar surface area (TPSA) is 50.4 Å². The van der Waals surface area contributed by atoms with Crippen molar-refractivity contribution in [3.63, 3.8) is 0 Å². The maximum Gasteiger partial charge on any atom is 0.416 e. The van der Waals surface area contributed by atoms with Crippen molar-refractivity contribution in [2.24, 2.45) is 0 Å². The molecule has 2 aromatic rings. The van der Waals surface area contributed by atoms with Crippen molar-refractivity contribution in [2.45, 2.75) is 38.8 Å². The molecule has 0 unspecified atom stereocenters. The Morgan fingerprint density at radius 3 is 2.30 bits per heavy atom. The Bertz CT molecular complexity index is 748. The van der Waals surface area contributed by atoms with Gasteiger partial charge >= 0.3 is 12.2 Å². The SMILES string of the molecule is CCCCCCOc1cccc(NC(=O)Nc2cccc(C(F)(F)F)c2)c1. The summed E-state index contributed by atoms with van der Waals surface area (Å²) in [4.78, 5) is 12.0. The minimum atomic E-state index is -4.46. The lowest BCUT2D eigenvalue weighted by Crippen LogP contribution is -2.19. The molecule has 0 aliphatic carbocycles. The molecule has 27 heavy (non-hydrogen) atoms. The zero-order chi connectivity index (χ0) is 19.7. The van der Waals surface area contributed by atoms with Gasteiger partial charge in [-0.3, -0.25) is 0 Å². The van der Waals surface area contributed by atoms with Gasteiger partial charge in [0.15, 0.2) is 0 Å². The Morgan fingerprint density at radius 1 is 0.963 bits per heavy atom. The molecule has 0 aliphatic heterocycles. The lowest BCUT2D eigenvalue weighted by molar-refractivity contribution is -0.137. The van der Waals surface area contributed by atoms with E-state index in [1.54, 1.807) is 24.3 Å². The molecular weight excluding hydrogens is 357 g/mol. The van der Waals surface area contributed by atoms with Crippen molar-refractivity contribution in [1.29, 1.82) is 0 Å². The number of benzene rings is 2. The van der Waals surface area contributed by atoms with Crippen LogP contribution in [0.15, 0.2) is 48.5 Å². The molecule has 0 heterocycles. The number of amides is 2. The van der Waals surface area contributed by atoms with Crippen LogP contribution in [0.1, 0.15) is 38.2 Å². The summed E-state index contributed by atoms with van der Waals surface area (Å²) in [5.41, 5.74) is -0.269. The number of hydrogen-bond donors (Lipinski definition) is 2. The minimum absolute atomic E-state index is 0.0608. The normalized spacial score (nSPS) is 11.1. The largest absolute Gasteiger partial charge is 0.494 e. The molecule has 0 saturated carbocycles. The van der Waals surface area contributed by atoms with Gasteiger partial charge in [0.1, 0.15) is 5.75 Å². The summed E-state index contributed by atoms with van der Waals surface area (Å²) < 4.78 is 43.8. The fraction of sp³-hybridized carbons (Fsp3) is 0.350. The van der Waals surface area contributed by atoms with E-state index in [2.05, 4.69) is 17.6 Å². The molecule has 2 amide bonds. The number of halogens is 3. The van der Waals surface area contributed by atoms with E-state index in [0.29, 0.717) is 18.0 Å². The summed E-state index contributed by atoms with van der Waals surface area (Å²) in [6.07, 6.45) is -0.0760. The summed E-state index contributed by atoms with van der Waals surface area (Å²) in [5.74, 6) is 0.628. The molecular formula is C20H23F3N2O2. The number of alkyl halides is 3. The molecule has 0 aliphatic rings. The Morgan fingerprint density at radius 2 is 1.63 bits per heavy atom. The first-order valence-corrected chi connectivity index (χ1v) is 8.86. The highest BCUT2D eigenvalue weighted by Gasteiger charge is 2.30. The molecule has 0 atom stereocenters. The molecule has 146 valence electrons. The summed E-state index contributed by atoms with van der Waals surface area (Å²) >= 11 is 0. The van der Waals surface area contributed by atoms with Crippen molar-refractivity contribution in [2.75, 3.05) is 17.2 Å². The van der Waals surface area contributed by atoms with Gasteiger partial charge in [0.2, 0.25) is 0 Å². The Labute approximate surface area is 156 Å². The summed E-state index contributed by atoms with van der Waals surface area (Å²) in [6, 6.07) is 10.7. The third kappa shape index (κ3) is 7.21. The van der Waals surface area contributed by atoms with Crippen molar-refractivity contribution < 1.29 is 22.7 Å². The van der Waals surface area contributed by atoms with Gasteiger partial charge in [0.25, 0.3) is 0 Å². The Balaban J connectivity index is 1.89. The third-order valence-corrected chi connectivity index (χ3v) is 3.81. The number of anilines is 2. The van der Waals surface area contributed by atoms with Crippen LogP contribution in [0.4, 0.5) is 29.3 Å². The van der Waals surface area contributed by atoms with Crippen molar-refractivity contribution in [3.05, 3.63) is 54.1 Å². The fourth-order valence-corrected chi connectivity index (χ4v) is 2.45. The van der Waals surface area contributed by atoms with Crippen molar-refractivity contribution >= 4 is 17.4 Å². The molecule has 0 fully saturated rings. The van der Waals surface area contributed by atoms with E-state index in [1.165, 1.54) is 18.6 Å². The van der Waals surface area contributed by atoms with Crippen LogP contribution in [0, 0.1) is 0 Å². The first-order chi connectivity index (χ1) is 12.9. The number of carbonyl (C=O) groups is 1. The molecule has 7 heteroatoms. The van der Waals surface area contributed by atoms with E-state index in [4.69, 9.17) is 4.74 Å². The van der Waals surface area contributed by atoms with Gasteiger partial charge < -0.3 is 15.4 Å². The molecule has 0 saturated heterocycles. The van der Waals surface area contributed by atoms with Crippen LogP contribution in [0.25, 0.3) is 0 Å². The van der Waals surface area contributed by atoms with E-state index in [1.807, 2.05) is 0 Å².